The van der Waals surface area contributed by atoms with E-state index in [9.17, 15) is 0 Å². The van der Waals surface area contributed by atoms with Crippen molar-refractivity contribution in [3.8, 4) is 0 Å². The molecule has 1 aromatic rings. The second kappa shape index (κ2) is 5.29. The molecule has 15 heavy (non-hydrogen) atoms. The fourth-order valence-electron chi connectivity index (χ4n) is 2.18. The van der Waals surface area contributed by atoms with Gasteiger partial charge in [0.15, 0.2) is 0 Å². The molecule has 2 N–H and O–H groups in total. The van der Waals surface area contributed by atoms with Crippen molar-refractivity contribution in [2.45, 2.75) is 32.9 Å². The zero-order valence-corrected chi connectivity index (χ0v) is 9.47. The van der Waals surface area contributed by atoms with Crippen molar-refractivity contribution < 1.29 is 0 Å². The van der Waals surface area contributed by atoms with E-state index in [-0.39, 0.29) is 0 Å². The number of rotatable bonds is 4. The Hall–Kier alpha value is -0.860. The molecule has 2 nitrogen and oxygen atoms in total. The van der Waals surface area contributed by atoms with Crippen LogP contribution < -0.4 is 10.6 Å². The smallest absolute Gasteiger partial charge is 0.0208 e. The van der Waals surface area contributed by atoms with Crippen LogP contribution in [0.15, 0.2) is 18.2 Å². The van der Waals surface area contributed by atoms with Crippen LogP contribution in [0.2, 0.25) is 0 Å². The van der Waals surface area contributed by atoms with Crippen LogP contribution in [0.3, 0.4) is 0 Å². The Kier molecular flexibility index (Phi) is 3.75. The van der Waals surface area contributed by atoms with Crippen LogP contribution >= 0.6 is 0 Å². The van der Waals surface area contributed by atoms with Crippen molar-refractivity contribution >= 4 is 0 Å². The molecule has 0 aliphatic carbocycles. The van der Waals surface area contributed by atoms with Crippen molar-refractivity contribution in [1.82, 2.24) is 10.6 Å². The number of fused-ring (bicyclic) bond motifs is 1. The van der Waals surface area contributed by atoms with Gasteiger partial charge in [0.25, 0.3) is 0 Å². The molecular weight excluding hydrogens is 184 g/mol. The van der Waals surface area contributed by atoms with Gasteiger partial charge in [0.2, 0.25) is 0 Å². The third kappa shape index (κ3) is 2.58. The van der Waals surface area contributed by atoms with E-state index in [1.165, 1.54) is 24.0 Å². The average Bonchev–Trinajstić information content (AvgIpc) is 2.30. The maximum atomic E-state index is 3.48. The molecule has 82 valence electrons. The maximum absolute atomic E-state index is 3.48. The topological polar surface area (TPSA) is 24.1 Å². The van der Waals surface area contributed by atoms with Crippen LogP contribution in [0.1, 0.15) is 30.0 Å². The van der Waals surface area contributed by atoms with Crippen LogP contribution in [0.25, 0.3) is 0 Å². The average molecular weight is 204 g/mol. The summed E-state index contributed by atoms with van der Waals surface area (Å²) in [7, 11) is 0. The Balaban J connectivity index is 2.09. The van der Waals surface area contributed by atoms with Crippen LogP contribution in [0.4, 0.5) is 0 Å². The summed E-state index contributed by atoms with van der Waals surface area (Å²) in [6.07, 6.45) is 2.38. The highest BCUT2D eigenvalue weighted by molar-refractivity contribution is 5.36. The van der Waals surface area contributed by atoms with Crippen molar-refractivity contribution in [2.24, 2.45) is 0 Å². The summed E-state index contributed by atoms with van der Waals surface area (Å²) in [5, 5.41) is 6.90. The van der Waals surface area contributed by atoms with Crippen LogP contribution in [0.5, 0.6) is 0 Å². The van der Waals surface area contributed by atoms with Crippen LogP contribution in [-0.2, 0) is 19.5 Å². The van der Waals surface area contributed by atoms with E-state index in [1.807, 2.05) is 0 Å². The molecular formula is C13H20N2. The monoisotopic (exact) mass is 204 g/mol. The van der Waals surface area contributed by atoms with Crippen molar-refractivity contribution in [1.29, 1.82) is 0 Å². The van der Waals surface area contributed by atoms with Gasteiger partial charge < -0.3 is 10.6 Å². The summed E-state index contributed by atoms with van der Waals surface area (Å²) in [5.74, 6) is 0. The van der Waals surface area contributed by atoms with Gasteiger partial charge in [-0.25, -0.2) is 0 Å². The molecule has 2 heteroatoms. The SMILES string of the molecule is CCCNCc1cccc2c1CCNC2. The zero-order chi connectivity index (χ0) is 10.5. The molecule has 0 amide bonds. The Labute approximate surface area is 92.1 Å². The number of nitrogens with one attached hydrogen (secondary N) is 2. The van der Waals surface area contributed by atoms with Gasteiger partial charge in [0.05, 0.1) is 0 Å². The minimum Gasteiger partial charge on any atom is -0.313 e. The highest BCUT2D eigenvalue weighted by atomic mass is 14.9. The summed E-state index contributed by atoms with van der Waals surface area (Å²) < 4.78 is 0. The minimum atomic E-state index is 1.02. The number of hydrogen-bond donors (Lipinski definition) is 2. The highest BCUT2D eigenvalue weighted by Crippen LogP contribution is 2.18. The molecule has 0 radical (unpaired) electrons. The molecule has 0 aromatic heterocycles. The third-order valence-corrected chi connectivity index (χ3v) is 2.98. The fourth-order valence-corrected chi connectivity index (χ4v) is 2.18. The molecule has 2 rings (SSSR count). The molecule has 1 aliphatic heterocycles. The lowest BCUT2D eigenvalue weighted by Crippen LogP contribution is -2.26. The van der Waals surface area contributed by atoms with E-state index in [1.54, 1.807) is 5.56 Å². The van der Waals surface area contributed by atoms with E-state index < -0.39 is 0 Å². The van der Waals surface area contributed by atoms with Crippen molar-refractivity contribution in [3.05, 3.63) is 34.9 Å². The lowest BCUT2D eigenvalue weighted by Gasteiger charge is -2.20. The first-order chi connectivity index (χ1) is 7.42. The van der Waals surface area contributed by atoms with Crippen molar-refractivity contribution in [2.75, 3.05) is 13.1 Å². The molecule has 1 aromatic carbocycles. The molecule has 1 heterocycles. The van der Waals surface area contributed by atoms with Gasteiger partial charge in [-0.05, 0) is 42.6 Å². The lowest BCUT2D eigenvalue weighted by molar-refractivity contribution is 0.624. The number of benzene rings is 1. The quantitative estimate of drug-likeness (QED) is 0.731. The molecule has 0 bridgehead atoms. The first kappa shape index (κ1) is 10.7. The van der Waals surface area contributed by atoms with Gasteiger partial charge in [-0.2, -0.15) is 0 Å². The molecule has 0 spiro atoms. The predicted molar refractivity (Wildman–Crippen MR) is 63.9 cm³/mol. The highest BCUT2D eigenvalue weighted by Gasteiger charge is 2.11. The summed E-state index contributed by atoms with van der Waals surface area (Å²) in [4.78, 5) is 0. The normalized spacial score (nSPS) is 15.0. The summed E-state index contributed by atoms with van der Waals surface area (Å²) in [6.45, 7) is 6.51. The second-order valence-electron chi connectivity index (χ2n) is 4.16. The molecule has 0 unspecified atom stereocenters. The van der Waals surface area contributed by atoms with Crippen LogP contribution in [-0.4, -0.2) is 13.1 Å². The Morgan fingerprint density at radius 2 is 2.33 bits per heavy atom. The lowest BCUT2D eigenvalue weighted by atomic mass is 9.95. The molecule has 0 atom stereocenters. The first-order valence-electron chi connectivity index (χ1n) is 5.93. The third-order valence-electron chi connectivity index (χ3n) is 2.98. The Morgan fingerprint density at radius 3 is 3.20 bits per heavy atom. The van der Waals surface area contributed by atoms with Crippen molar-refractivity contribution in [3.63, 3.8) is 0 Å². The van der Waals surface area contributed by atoms with Gasteiger partial charge in [0.1, 0.15) is 0 Å². The molecule has 0 saturated carbocycles. The van der Waals surface area contributed by atoms with E-state index >= 15 is 0 Å². The first-order valence-corrected chi connectivity index (χ1v) is 5.93. The van der Waals surface area contributed by atoms with Gasteiger partial charge in [-0.15, -0.1) is 0 Å². The van der Waals surface area contributed by atoms with Gasteiger partial charge >= 0.3 is 0 Å². The van der Waals surface area contributed by atoms with Crippen LogP contribution in [0, 0.1) is 0 Å². The standard InChI is InChI=1S/C13H20N2/c1-2-7-14-9-11-4-3-5-12-10-15-8-6-13(11)12/h3-5,14-15H,2,6-10H2,1H3. The maximum Gasteiger partial charge on any atom is 0.0208 e. The fraction of sp³-hybridized carbons (Fsp3) is 0.538. The second-order valence-corrected chi connectivity index (χ2v) is 4.16. The Bertz CT molecular complexity index is 320. The number of hydrogen-bond acceptors (Lipinski definition) is 2. The predicted octanol–water partition coefficient (Wildman–Crippen LogP) is 1.83. The van der Waals surface area contributed by atoms with E-state index in [0.717, 1.165) is 26.2 Å². The van der Waals surface area contributed by atoms with E-state index in [4.69, 9.17) is 0 Å². The summed E-state index contributed by atoms with van der Waals surface area (Å²) in [5.41, 5.74) is 4.54. The zero-order valence-electron chi connectivity index (χ0n) is 9.47. The Morgan fingerprint density at radius 1 is 1.40 bits per heavy atom. The summed E-state index contributed by atoms with van der Waals surface area (Å²) in [6, 6.07) is 6.67. The summed E-state index contributed by atoms with van der Waals surface area (Å²) >= 11 is 0. The molecule has 1 aliphatic rings. The van der Waals surface area contributed by atoms with E-state index in [2.05, 4.69) is 35.8 Å². The van der Waals surface area contributed by atoms with Gasteiger partial charge in [-0.3, -0.25) is 0 Å². The van der Waals surface area contributed by atoms with E-state index in [0.29, 0.717) is 0 Å². The van der Waals surface area contributed by atoms with Gasteiger partial charge in [-0.1, -0.05) is 25.1 Å². The minimum absolute atomic E-state index is 1.02. The molecule has 0 fully saturated rings. The van der Waals surface area contributed by atoms with Gasteiger partial charge in [0, 0.05) is 13.1 Å². The molecule has 0 saturated heterocycles. The largest absolute Gasteiger partial charge is 0.313 e.